The molecule has 0 aliphatic carbocycles. The van der Waals surface area contributed by atoms with Gasteiger partial charge in [0.15, 0.2) is 0 Å². The zero-order valence-electron chi connectivity index (χ0n) is 10.7. The molecule has 2 rings (SSSR count). The minimum absolute atomic E-state index is 0.122. The van der Waals surface area contributed by atoms with Crippen LogP contribution in [0, 0.1) is 11.3 Å². The molecule has 1 aromatic rings. The van der Waals surface area contributed by atoms with Gasteiger partial charge in [-0.2, -0.15) is 5.26 Å². The lowest BCUT2D eigenvalue weighted by atomic mass is 9.88. The first-order valence-electron chi connectivity index (χ1n) is 6.28. The number of aliphatic hydroxyl groups excluding tert-OH is 1. The van der Waals surface area contributed by atoms with Crippen LogP contribution in [0.15, 0.2) is 24.3 Å². The van der Waals surface area contributed by atoms with E-state index in [4.69, 9.17) is 5.26 Å². The molecule has 96 valence electrons. The van der Waals surface area contributed by atoms with Gasteiger partial charge in [0.25, 0.3) is 0 Å². The molecule has 0 amide bonds. The Hall–Kier alpha value is -1.57. The third-order valence-electron chi connectivity index (χ3n) is 3.92. The van der Waals surface area contributed by atoms with Crippen LogP contribution in [0.3, 0.4) is 0 Å². The number of aliphatic hydroxyl groups is 1. The minimum atomic E-state index is -0.122. The molecule has 4 heteroatoms. The molecular formula is C14H19N3O. The number of hydrogen-bond acceptors (Lipinski definition) is 4. The molecule has 0 aromatic heterocycles. The molecular weight excluding hydrogens is 226 g/mol. The number of piperidine rings is 1. The first-order chi connectivity index (χ1) is 8.73. The second-order valence-corrected chi connectivity index (χ2v) is 4.83. The van der Waals surface area contributed by atoms with Gasteiger partial charge in [0, 0.05) is 24.3 Å². The molecule has 4 nitrogen and oxygen atoms in total. The summed E-state index contributed by atoms with van der Waals surface area (Å²) >= 11 is 0. The average molecular weight is 245 g/mol. The van der Waals surface area contributed by atoms with Gasteiger partial charge in [-0.3, -0.25) is 0 Å². The molecule has 1 aliphatic rings. The zero-order valence-corrected chi connectivity index (χ0v) is 10.7. The van der Waals surface area contributed by atoms with Crippen molar-refractivity contribution < 1.29 is 5.11 Å². The van der Waals surface area contributed by atoms with Gasteiger partial charge in [0.05, 0.1) is 18.2 Å². The predicted molar refractivity (Wildman–Crippen MR) is 71.5 cm³/mol. The van der Waals surface area contributed by atoms with Crippen LogP contribution >= 0.6 is 0 Å². The van der Waals surface area contributed by atoms with E-state index in [-0.39, 0.29) is 12.1 Å². The fourth-order valence-electron chi connectivity index (χ4n) is 2.43. The Bertz CT molecular complexity index is 421. The largest absolute Gasteiger partial charge is 0.394 e. The Morgan fingerprint density at radius 1 is 1.33 bits per heavy atom. The monoisotopic (exact) mass is 245 g/mol. The van der Waals surface area contributed by atoms with Gasteiger partial charge in [-0.1, -0.05) is 0 Å². The van der Waals surface area contributed by atoms with Crippen LogP contribution < -0.4 is 10.2 Å². The van der Waals surface area contributed by atoms with E-state index in [0.717, 1.165) is 31.6 Å². The van der Waals surface area contributed by atoms with Gasteiger partial charge in [-0.05, 0) is 44.2 Å². The van der Waals surface area contributed by atoms with E-state index in [1.807, 2.05) is 31.3 Å². The Labute approximate surface area is 108 Å². The molecule has 0 saturated carbocycles. The van der Waals surface area contributed by atoms with Gasteiger partial charge in [0.1, 0.15) is 0 Å². The molecule has 0 radical (unpaired) electrons. The number of nitrogens with one attached hydrogen (secondary N) is 1. The van der Waals surface area contributed by atoms with E-state index in [0.29, 0.717) is 5.56 Å². The van der Waals surface area contributed by atoms with Crippen LogP contribution in [-0.4, -0.2) is 37.4 Å². The van der Waals surface area contributed by atoms with Gasteiger partial charge in [0.2, 0.25) is 0 Å². The molecule has 1 saturated heterocycles. The maximum absolute atomic E-state index is 9.45. The third-order valence-corrected chi connectivity index (χ3v) is 3.92. The lowest BCUT2D eigenvalue weighted by Gasteiger charge is -2.41. The highest BCUT2D eigenvalue weighted by Gasteiger charge is 2.32. The Morgan fingerprint density at radius 3 is 2.39 bits per heavy atom. The van der Waals surface area contributed by atoms with Crippen LogP contribution in [0.25, 0.3) is 0 Å². The van der Waals surface area contributed by atoms with Crippen LogP contribution in [0.5, 0.6) is 0 Å². The molecule has 2 N–H and O–H groups in total. The fourth-order valence-corrected chi connectivity index (χ4v) is 2.43. The molecule has 1 fully saturated rings. The van der Waals surface area contributed by atoms with Crippen molar-refractivity contribution in [2.45, 2.75) is 18.4 Å². The van der Waals surface area contributed by atoms with Gasteiger partial charge in [-0.15, -0.1) is 0 Å². The summed E-state index contributed by atoms with van der Waals surface area (Å²) in [5, 5.41) is 21.5. The van der Waals surface area contributed by atoms with Crippen LogP contribution in [0.4, 0.5) is 5.69 Å². The highest BCUT2D eigenvalue weighted by molar-refractivity contribution is 5.50. The Morgan fingerprint density at radius 2 is 1.94 bits per heavy atom. The summed E-state index contributed by atoms with van der Waals surface area (Å²) in [5.41, 5.74) is 1.72. The summed E-state index contributed by atoms with van der Waals surface area (Å²) in [6, 6.07) is 9.80. The van der Waals surface area contributed by atoms with E-state index in [1.54, 1.807) is 0 Å². The van der Waals surface area contributed by atoms with E-state index >= 15 is 0 Å². The molecule has 18 heavy (non-hydrogen) atoms. The van der Waals surface area contributed by atoms with Crippen molar-refractivity contribution in [1.29, 1.82) is 5.26 Å². The molecule has 0 spiro atoms. The van der Waals surface area contributed by atoms with Gasteiger partial charge >= 0.3 is 0 Å². The Balaban J connectivity index is 2.03. The van der Waals surface area contributed by atoms with Crippen molar-refractivity contribution in [1.82, 2.24) is 5.32 Å². The summed E-state index contributed by atoms with van der Waals surface area (Å²) < 4.78 is 0. The molecule has 1 aromatic carbocycles. The Kier molecular flexibility index (Phi) is 3.85. The number of likely N-dealkylation sites (N-methyl/N-ethyl adjacent to an activating group) is 1. The van der Waals surface area contributed by atoms with Crippen LogP contribution in [0.2, 0.25) is 0 Å². The number of nitrogens with zero attached hydrogens (tertiary/aromatic N) is 2. The molecule has 0 bridgehead atoms. The average Bonchev–Trinajstić information content (AvgIpc) is 2.47. The van der Waals surface area contributed by atoms with Crippen LogP contribution in [0.1, 0.15) is 18.4 Å². The quantitative estimate of drug-likeness (QED) is 0.837. The number of rotatable bonds is 3. The smallest absolute Gasteiger partial charge is 0.0991 e. The second kappa shape index (κ2) is 5.38. The van der Waals surface area contributed by atoms with Crippen LogP contribution in [-0.2, 0) is 0 Å². The van der Waals surface area contributed by atoms with Crippen molar-refractivity contribution >= 4 is 5.69 Å². The van der Waals surface area contributed by atoms with Crippen molar-refractivity contribution in [3.63, 3.8) is 0 Å². The number of anilines is 1. The molecule has 1 aliphatic heterocycles. The lowest BCUT2D eigenvalue weighted by Crippen LogP contribution is -2.54. The highest BCUT2D eigenvalue weighted by Crippen LogP contribution is 2.26. The fraction of sp³-hybridized carbons (Fsp3) is 0.500. The minimum Gasteiger partial charge on any atom is -0.394 e. The maximum Gasteiger partial charge on any atom is 0.0991 e. The topological polar surface area (TPSA) is 59.3 Å². The number of nitriles is 1. The van der Waals surface area contributed by atoms with Crippen molar-refractivity contribution in [2.75, 3.05) is 31.6 Å². The highest BCUT2D eigenvalue weighted by atomic mass is 16.3. The summed E-state index contributed by atoms with van der Waals surface area (Å²) in [7, 11) is 1.91. The molecule has 0 unspecified atom stereocenters. The predicted octanol–water partition coefficient (Wildman–Crippen LogP) is 1.11. The number of hydrogen-bond donors (Lipinski definition) is 2. The lowest BCUT2D eigenvalue weighted by molar-refractivity contribution is 0.142. The normalized spacial score (nSPS) is 18.4. The van der Waals surface area contributed by atoms with E-state index < -0.39 is 0 Å². The maximum atomic E-state index is 9.45. The number of benzene rings is 1. The summed E-state index contributed by atoms with van der Waals surface area (Å²) in [5.74, 6) is 0. The van der Waals surface area contributed by atoms with Crippen molar-refractivity contribution in [3.8, 4) is 6.07 Å². The van der Waals surface area contributed by atoms with Gasteiger partial charge < -0.3 is 15.3 Å². The van der Waals surface area contributed by atoms with E-state index in [1.165, 1.54) is 0 Å². The first-order valence-corrected chi connectivity index (χ1v) is 6.28. The standard InChI is InChI=1S/C14H19N3O/c1-16-14(11-18)6-8-17(9-7-14)13-4-2-12(10-15)3-5-13/h2-5,16,18H,6-9,11H2,1H3. The SMILES string of the molecule is CNC1(CO)CCN(c2ccc(C#N)cc2)CC1. The molecule has 1 heterocycles. The van der Waals surface area contributed by atoms with E-state index in [2.05, 4.69) is 16.3 Å². The first kappa shape index (κ1) is 12.9. The second-order valence-electron chi connectivity index (χ2n) is 4.83. The summed E-state index contributed by atoms with van der Waals surface area (Å²) in [6.45, 7) is 2.03. The van der Waals surface area contributed by atoms with E-state index in [9.17, 15) is 5.11 Å². The summed E-state index contributed by atoms with van der Waals surface area (Å²) in [6.07, 6.45) is 1.86. The zero-order chi connectivity index (χ0) is 13.0. The third kappa shape index (κ3) is 2.47. The van der Waals surface area contributed by atoms with Gasteiger partial charge in [-0.25, -0.2) is 0 Å². The summed E-state index contributed by atoms with van der Waals surface area (Å²) in [4.78, 5) is 2.30. The van der Waals surface area contributed by atoms with Crippen molar-refractivity contribution in [3.05, 3.63) is 29.8 Å². The van der Waals surface area contributed by atoms with Crippen molar-refractivity contribution in [2.24, 2.45) is 0 Å². The molecule has 0 atom stereocenters.